The third-order valence-electron chi connectivity index (χ3n) is 6.23. The summed E-state index contributed by atoms with van der Waals surface area (Å²) in [7, 11) is 3.21. The summed E-state index contributed by atoms with van der Waals surface area (Å²) in [5.74, 6) is 2.82. The molecule has 2 aliphatic carbocycles. The van der Waals surface area contributed by atoms with Crippen LogP contribution in [0.2, 0.25) is 0 Å². The van der Waals surface area contributed by atoms with Gasteiger partial charge in [0.05, 0.1) is 20.4 Å². The summed E-state index contributed by atoms with van der Waals surface area (Å²) in [6, 6.07) is 16.1. The van der Waals surface area contributed by atoms with Crippen molar-refractivity contribution >= 4 is 12.1 Å². The van der Waals surface area contributed by atoms with Crippen LogP contribution in [-0.2, 0) is 4.79 Å². The highest BCUT2D eigenvalue weighted by molar-refractivity contribution is 5.86. The van der Waals surface area contributed by atoms with Crippen molar-refractivity contribution in [1.82, 2.24) is 5.43 Å². The zero-order valence-electron chi connectivity index (χ0n) is 16.3. The molecule has 2 aromatic carbocycles. The minimum Gasteiger partial charge on any atom is -0.497 e. The van der Waals surface area contributed by atoms with E-state index in [2.05, 4.69) is 34.8 Å². The van der Waals surface area contributed by atoms with Crippen molar-refractivity contribution in [2.45, 2.75) is 25.2 Å². The van der Waals surface area contributed by atoms with Gasteiger partial charge < -0.3 is 9.47 Å². The molecule has 0 heterocycles. The molecule has 2 aromatic rings. The quantitative estimate of drug-likeness (QED) is 0.611. The summed E-state index contributed by atoms with van der Waals surface area (Å²) in [6.07, 6.45) is 5.07. The van der Waals surface area contributed by atoms with Gasteiger partial charge in [-0.2, -0.15) is 5.10 Å². The number of nitrogens with one attached hydrogen (secondary N) is 1. The number of hydrazone groups is 1. The first-order valence-corrected chi connectivity index (χ1v) is 9.83. The second-order valence-electron chi connectivity index (χ2n) is 7.56. The van der Waals surface area contributed by atoms with Gasteiger partial charge in [-0.1, -0.05) is 36.8 Å². The van der Waals surface area contributed by atoms with Gasteiger partial charge in [-0.25, -0.2) is 5.43 Å². The molecule has 0 radical (unpaired) electrons. The van der Waals surface area contributed by atoms with E-state index in [9.17, 15) is 4.79 Å². The molecule has 0 spiro atoms. The minimum atomic E-state index is 0.0330. The van der Waals surface area contributed by atoms with Crippen LogP contribution in [0.1, 0.15) is 36.3 Å². The average Bonchev–Trinajstić information content (AvgIpc) is 2.75. The Balaban J connectivity index is 1.42. The molecule has 28 heavy (non-hydrogen) atoms. The lowest BCUT2D eigenvalue weighted by molar-refractivity contribution is -0.140. The number of fused-ring (bicyclic) bond motifs is 2. The standard InChI is InChI=1S/C23H26N2O3/c1-27-17-12-11-16(20(13-17)28-2)14-24-25-23(26)22-18-9-6-10-19(22)21(18)15-7-4-3-5-8-15/h3-5,7-8,11-14,18-19,21-22H,6,9-10H2,1-2H3,(H,25,26). The van der Waals surface area contributed by atoms with E-state index < -0.39 is 0 Å². The summed E-state index contributed by atoms with van der Waals surface area (Å²) >= 11 is 0. The molecule has 4 rings (SSSR count). The highest BCUT2D eigenvalue weighted by Crippen LogP contribution is 2.59. The third kappa shape index (κ3) is 3.37. The number of nitrogens with zero attached hydrogens (tertiary/aromatic N) is 1. The van der Waals surface area contributed by atoms with E-state index in [-0.39, 0.29) is 11.8 Å². The van der Waals surface area contributed by atoms with Crippen LogP contribution in [0.15, 0.2) is 53.6 Å². The van der Waals surface area contributed by atoms with Crippen molar-refractivity contribution in [1.29, 1.82) is 0 Å². The lowest BCUT2D eigenvalue weighted by atomic mass is 9.48. The summed E-state index contributed by atoms with van der Waals surface area (Å²) < 4.78 is 10.6. The smallest absolute Gasteiger partial charge is 0.243 e. The van der Waals surface area contributed by atoms with Gasteiger partial charge in [0.15, 0.2) is 0 Å². The van der Waals surface area contributed by atoms with E-state index in [1.807, 2.05) is 18.2 Å². The lowest BCUT2D eigenvalue weighted by Gasteiger charge is -2.55. The molecule has 2 bridgehead atoms. The molecule has 5 nitrogen and oxygen atoms in total. The molecule has 2 saturated carbocycles. The number of hydrogen-bond donors (Lipinski definition) is 1. The fourth-order valence-electron chi connectivity index (χ4n) is 4.97. The topological polar surface area (TPSA) is 59.9 Å². The van der Waals surface area contributed by atoms with Gasteiger partial charge in [0.2, 0.25) is 5.91 Å². The van der Waals surface area contributed by atoms with Gasteiger partial charge in [-0.3, -0.25) is 4.79 Å². The molecule has 0 aromatic heterocycles. The van der Waals surface area contributed by atoms with Crippen molar-refractivity contribution in [3.8, 4) is 11.5 Å². The van der Waals surface area contributed by atoms with E-state index >= 15 is 0 Å². The molecule has 1 amide bonds. The van der Waals surface area contributed by atoms with E-state index in [0.717, 1.165) is 18.4 Å². The van der Waals surface area contributed by atoms with Gasteiger partial charge in [-0.15, -0.1) is 0 Å². The molecule has 2 atom stereocenters. The Bertz CT molecular complexity index is 853. The summed E-state index contributed by atoms with van der Waals surface area (Å²) in [6.45, 7) is 0. The molecule has 2 unspecified atom stereocenters. The zero-order chi connectivity index (χ0) is 19.5. The van der Waals surface area contributed by atoms with Crippen LogP contribution < -0.4 is 14.9 Å². The fourth-order valence-corrected chi connectivity index (χ4v) is 4.97. The van der Waals surface area contributed by atoms with Crippen molar-refractivity contribution in [2.24, 2.45) is 22.9 Å². The number of methoxy groups -OCH3 is 2. The maximum atomic E-state index is 12.8. The number of rotatable bonds is 6. The normalized spacial score (nSPS) is 25.8. The van der Waals surface area contributed by atoms with Gasteiger partial charge >= 0.3 is 0 Å². The summed E-state index contributed by atoms with van der Waals surface area (Å²) in [4.78, 5) is 12.8. The SMILES string of the molecule is COc1ccc(C=NNC(=O)C2C3CCCC2C3c2ccccc2)c(OC)c1. The van der Waals surface area contributed by atoms with Crippen LogP contribution >= 0.6 is 0 Å². The molecular weight excluding hydrogens is 352 g/mol. The van der Waals surface area contributed by atoms with Crippen LogP contribution in [0.25, 0.3) is 0 Å². The van der Waals surface area contributed by atoms with Crippen molar-refractivity contribution in [3.63, 3.8) is 0 Å². The second kappa shape index (κ2) is 8.05. The number of carbonyl (C=O) groups excluding carboxylic acids is 1. The maximum Gasteiger partial charge on any atom is 0.243 e. The van der Waals surface area contributed by atoms with Crippen molar-refractivity contribution in [2.75, 3.05) is 14.2 Å². The van der Waals surface area contributed by atoms with Gasteiger partial charge in [0, 0.05) is 17.5 Å². The first-order valence-electron chi connectivity index (χ1n) is 9.83. The second-order valence-corrected chi connectivity index (χ2v) is 7.56. The molecule has 1 N–H and O–H groups in total. The molecule has 0 aliphatic heterocycles. The van der Waals surface area contributed by atoms with Gasteiger partial charge in [0.25, 0.3) is 0 Å². The third-order valence-corrected chi connectivity index (χ3v) is 6.23. The highest BCUT2D eigenvalue weighted by Gasteiger charge is 2.55. The summed E-state index contributed by atoms with van der Waals surface area (Å²) in [5.41, 5.74) is 4.92. The van der Waals surface area contributed by atoms with E-state index in [1.165, 1.54) is 12.0 Å². The zero-order valence-corrected chi connectivity index (χ0v) is 16.3. The van der Waals surface area contributed by atoms with Crippen LogP contribution in [0.5, 0.6) is 11.5 Å². The molecule has 2 fully saturated rings. The van der Waals surface area contributed by atoms with Crippen molar-refractivity contribution < 1.29 is 14.3 Å². The largest absolute Gasteiger partial charge is 0.497 e. The Hall–Kier alpha value is -2.82. The number of amides is 1. The maximum absolute atomic E-state index is 12.8. The Morgan fingerprint density at radius 3 is 2.50 bits per heavy atom. The van der Waals surface area contributed by atoms with Gasteiger partial charge in [-0.05, 0) is 48.3 Å². The van der Waals surface area contributed by atoms with Crippen LogP contribution in [0, 0.1) is 17.8 Å². The van der Waals surface area contributed by atoms with E-state index in [4.69, 9.17) is 9.47 Å². The monoisotopic (exact) mass is 378 g/mol. The minimum absolute atomic E-state index is 0.0330. The van der Waals surface area contributed by atoms with Crippen LogP contribution in [0.3, 0.4) is 0 Å². The molecule has 0 saturated heterocycles. The number of hydrogen-bond acceptors (Lipinski definition) is 4. The summed E-state index contributed by atoms with van der Waals surface area (Å²) in [5, 5.41) is 4.19. The fraction of sp³-hybridized carbons (Fsp3) is 0.391. The number of benzene rings is 2. The molecule has 146 valence electrons. The molecule has 2 aliphatic rings. The Morgan fingerprint density at radius 2 is 1.82 bits per heavy atom. The first kappa shape index (κ1) is 18.5. The van der Waals surface area contributed by atoms with Crippen molar-refractivity contribution in [3.05, 3.63) is 59.7 Å². The molecular formula is C23H26N2O3. The van der Waals surface area contributed by atoms with Gasteiger partial charge in [0.1, 0.15) is 11.5 Å². The van der Waals surface area contributed by atoms with E-state index in [1.54, 1.807) is 26.5 Å². The first-order chi connectivity index (χ1) is 13.7. The lowest BCUT2D eigenvalue weighted by Crippen LogP contribution is -2.54. The average molecular weight is 378 g/mol. The Kier molecular flexibility index (Phi) is 5.33. The Labute approximate surface area is 165 Å². The molecule has 5 heteroatoms. The highest BCUT2D eigenvalue weighted by atomic mass is 16.5. The van der Waals surface area contributed by atoms with Crippen LogP contribution in [0.4, 0.5) is 0 Å². The predicted molar refractivity (Wildman–Crippen MR) is 109 cm³/mol. The predicted octanol–water partition coefficient (Wildman–Crippen LogP) is 3.98. The number of carbonyl (C=O) groups is 1. The number of ether oxygens (including phenoxy) is 2. The van der Waals surface area contributed by atoms with Crippen LogP contribution in [-0.4, -0.2) is 26.3 Å². The Morgan fingerprint density at radius 1 is 1.07 bits per heavy atom. The van der Waals surface area contributed by atoms with E-state index in [0.29, 0.717) is 29.3 Å².